The molecule has 0 saturated heterocycles. The van der Waals surface area contributed by atoms with Crippen molar-refractivity contribution in [2.75, 3.05) is 32.1 Å². The van der Waals surface area contributed by atoms with Crippen molar-refractivity contribution in [2.24, 2.45) is 0 Å². The van der Waals surface area contributed by atoms with Crippen molar-refractivity contribution in [3.8, 4) is 0 Å². The minimum absolute atomic E-state index is 0.0463. The Kier molecular flexibility index (Phi) is 5.45. The number of hydrogen-bond donors (Lipinski definition) is 2. The molecule has 130 valence electrons. The first-order valence-electron chi connectivity index (χ1n) is 6.95. The molecular weight excluding hydrogens is 329 g/mol. The summed E-state index contributed by atoms with van der Waals surface area (Å²) in [6.45, 7) is -0.529. The van der Waals surface area contributed by atoms with E-state index in [1.807, 2.05) is 0 Å². The molecule has 0 saturated carbocycles. The molecule has 1 aliphatic heterocycles. The SMILES string of the molecule is COC(=O)C1=C(Nc2cccc(F)c2C(F)F)C(=O)N(CCO)C1. The Balaban J connectivity index is 2.43. The van der Waals surface area contributed by atoms with Crippen molar-refractivity contribution in [1.29, 1.82) is 0 Å². The number of esters is 1. The number of amides is 1. The second-order valence-electron chi connectivity index (χ2n) is 4.92. The molecule has 6 nitrogen and oxygen atoms in total. The van der Waals surface area contributed by atoms with E-state index in [2.05, 4.69) is 10.1 Å². The van der Waals surface area contributed by atoms with E-state index in [0.29, 0.717) is 0 Å². The van der Waals surface area contributed by atoms with Crippen LogP contribution >= 0.6 is 0 Å². The second kappa shape index (κ2) is 7.35. The number of methoxy groups -OCH3 is 1. The average molecular weight is 344 g/mol. The molecule has 0 unspecified atom stereocenters. The van der Waals surface area contributed by atoms with Crippen LogP contribution in [0, 0.1) is 5.82 Å². The number of halogens is 3. The summed E-state index contributed by atoms with van der Waals surface area (Å²) < 4.78 is 44.3. The summed E-state index contributed by atoms with van der Waals surface area (Å²) in [7, 11) is 1.11. The molecule has 1 aliphatic rings. The minimum atomic E-state index is -3.11. The van der Waals surface area contributed by atoms with Gasteiger partial charge in [-0.05, 0) is 12.1 Å². The van der Waals surface area contributed by atoms with E-state index >= 15 is 0 Å². The highest BCUT2D eigenvalue weighted by atomic mass is 19.3. The Labute approximate surface area is 135 Å². The maximum absolute atomic E-state index is 13.6. The van der Waals surface area contributed by atoms with E-state index in [1.165, 1.54) is 12.1 Å². The van der Waals surface area contributed by atoms with Gasteiger partial charge in [-0.1, -0.05) is 6.07 Å². The van der Waals surface area contributed by atoms with Crippen LogP contribution in [-0.4, -0.2) is 48.7 Å². The quantitative estimate of drug-likeness (QED) is 0.764. The third-order valence-corrected chi connectivity index (χ3v) is 3.48. The van der Waals surface area contributed by atoms with Gasteiger partial charge in [0.15, 0.2) is 0 Å². The number of nitrogens with one attached hydrogen (secondary N) is 1. The molecule has 0 atom stereocenters. The zero-order valence-electron chi connectivity index (χ0n) is 12.7. The van der Waals surface area contributed by atoms with Crippen LogP contribution in [0.25, 0.3) is 0 Å². The van der Waals surface area contributed by atoms with Crippen LogP contribution in [0.2, 0.25) is 0 Å². The molecule has 9 heteroatoms. The van der Waals surface area contributed by atoms with Crippen molar-refractivity contribution in [3.63, 3.8) is 0 Å². The zero-order chi connectivity index (χ0) is 17.9. The topological polar surface area (TPSA) is 78.9 Å². The third kappa shape index (κ3) is 3.35. The Morgan fingerprint density at radius 3 is 2.75 bits per heavy atom. The maximum atomic E-state index is 13.6. The molecule has 0 aliphatic carbocycles. The number of aliphatic hydroxyl groups excluding tert-OH is 1. The van der Waals surface area contributed by atoms with Gasteiger partial charge in [-0.25, -0.2) is 18.0 Å². The summed E-state index contributed by atoms with van der Waals surface area (Å²) in [5.41, 5.74) is -1.58. The Morgan fingerprint density at radius 1 is 1.46 bits per heavy atom. The number of rotatable bonds is 6. The van der Waals surface area contributed by atoms with Gasteiger partial charge in [0, 0.05) is 6.54 Å². The first kappa shape index (κ1) is 17.8. The summed E-state index contributed by atoms with van der Waals surface area (Å²) in [5, 5.41) is 11.4. The Hall–Kier alpha value is -2.55. The lowest BCUT2D eigenvalue weighted by Gasteiger charge is -2.16. The third-order valence-electron chi connectivity index (χ3n) is 3.48. The van der Waals surface area contributed by atoms with Gasteiger partial charge in [-0.15, -0.1) is 0 Å². The predicted octanol–water partition coefficient (Wildman–Crippen LogP) is 1.44. The lowest BCUT2D eigenvalue weighted by atomic mass is 10.1. The standard InChI is InChI=1S/C15H15F3N2O4/c1-24-15(23)8-7-20(5-6-21)14(22)12(8)19-10-4-2-3-9(16)11(10)13(17)18/h2-4,13,19,21H,5-7H2,1H3. The molecule has 24 heavy (non-hydrogen) atoms. The lowest BCUT2D eigenvalue weighted by molar-refractivity contribution is -0.136. The number of alkyl halides is 2. The number of carbonyl (C=O) groups is 2. The molecule has 0 aromatic heterocycles. The van der Waals surface area contributed by atoms with Crippen molar-refractivity contribution in [2.45, 2.75) is 6.43 Å². The van der Waals surface area contributed by atoms with E-state index in [9.17, 15) is 22.8 Å². The molecule has 1 aromatic rings. The number of anilines is 1. The van der Waals surface area contributed by atoms with E-state index in [-0.39, 0.29) is 36.7 Å². The Bertz CT molecular complexity index is 691. The first-order chi connectivity index (χ1) is 11.4. The van der Waals surface area contributed by atoms with Gasteiger partial charge in [-0.2, -0.15) is 0 Å². The van der Waals surface area contributed by atoms with Crippen LogP contribution in [-0.2, 0) is 14.3 Å². The van der Waals surface area contributed by atoms with Gasteiger partial charge in [0.05, 0.1) is 37.1 Å². The highest BCUT2D eigenvalue weighted by Crippen LogP contribution is 2.32. The summed E-state index contributed by atoms with van der Waals surface area (Å²) >= 11 is 0. The molecule has 1 amide bonds. The van der Waals surface area contributed by atoms with Gasteiger partial charge < -0.3 is 20.1 Å². The maximum Gasteiger partial charge on any atom is 0.337 e. The molecule has 1 aromatic carbocycles. The smallest absolute Gasteiger partial charge is 0.337 e. The largest absolute Gasteiger partial charge is 0.466 e. The fraction of sp³-hybridized carbons (Fsp3) is 0.333. The summed E-state index contributed by atoms with van der Waals surface area (Å²) in [4.78, 5) is 25.3. The normalized spacial score (nSPS) is 14.6. The number of β-amino-alcohol motifs (C(OH)–C–C–N with tert-alkyl or cyclic N) is 1. The molecular formula is C15H15F3N2O4. The van der Waals surface area contributed by atoms with Gasteiger partial charge in [0.2, 0.25) is 0 Å². The highest BCUT2D eigenvalue weighted by Gasteiger charge is 2.35. The predicted molar refractivity (Wildman–Crippen MR) is 77.7 cm³/mol. The van der Waals surface area contributed by atoms with E-state index in [0.717, 1.165) is 18.1 Å². The van der Waals surface area contributed by atoms with Gasteiger partial charge in [0.1, 0.15) is 11.5 Å². The van der Waals surface area contributed by atoms with Crippen LogP contribution in [0.3, 0.4) is 0 Å². The van der Waals surface area contributed by atoms with Gasteiger partial charge >= 0.3 is 5.97 Å². The molecule has 0 radical (unpaired) electrons. The van der Waals surface area contributed by atoms with E-state index in [1.54, 1.807) is 0 Å². The van der Waals surface area contributed by atoms with E-state index in [4.69, 9.17) is 5.11 Å². The van der Waals surface area contributed by atoms with Crippen LogP contribution < -0.4 is 5.32 Å². The van der Waals surface area contributed by atoms with Crippen molar-refractivity contribution >= 4 is 17.6 Å². The number of nitrogens with zero attached hydrogens (tertiary/aromatic N) is 1. The van der Waals surface area contributed by atoms with E-state index < -0.39 is 29.7 Å². The summed E-state index contributed by atoms with van der Waals surface area (Å²) in [6, 6.07) is 3.25. The number of carbonyl (C=O) groups excluding carboxylic acids is 2. The molecule has 1 heterocycles. The van der Waals surface area contributed by atoms with Crippen molar-refractivity contribution in [3.05, 3.63) is 40.8 Å². The number of aliphatic hydroxyl groups is 1. The zero-order valence-corrected chi connectivity index (χ0v) is 12.7. The van der Waals surface area contributed by atoms with Crippen LogP contribution in [0.15, 0.2) is 29.5 Å². The number of ether oxygens (including phenoxy) is 1. The number of benzene rings is 1. The van der Waals surface area contributed by atoms with Crippen molar-refractivity contribution in [1.82, 2.24) is 4.90 Å². The first-order valence-corrected chi connectivity index (χ1v) is 6.95. The minimum Gasteiger partial charge on any atom is -0.466 e. The van der Waals surface area contributed by atoms with Crippen LogP contribution in [0.1, 0.15) is 12.0 Å². The summed E-state index contributed by atoms with van der Waals surface area (Å²) in [5.74, 6) is -2.62. The van der Waals surface area contributed by atoms with Gasteiger partial charge in [-0.3, -0.25) is 4.79 Å². The summed E-state index contributed by atoms with van der Waals surface area (Å²) in [6.07, 6.45) is -3.11. The van der Waals surface area contributed by atoms with Crippen LogP contribution in [0.5, 0.6) is 0 Å². The number of hydrogen-bond acceptors (Lipinski definition) is 5. The lowest BCUT2D eigenvalue weighted by Crippen LogP contribution is -2.31. The van der Waals surface area contributed by atoms with Gasteiger partial charge in [0.25, 0.3) is 12.3 Å². The monoisotopic (exact) mass is 344 g/mol. The fourth-order valence-electron chi connectivity index (χ4n) is 2.35. The van der Waals surface area contributed by atoms with Crippen molar-refractivity contribution < 1.29 is 32.6 Å². The Morgan fingerprint density at radius 2 is 2.17 bits per heavy atom. The fourth-order valence-corrected chi connectivity index (χ4v) is 2.35. The molecule has 2 rings (SSSR count). The molecule has 0 bridgehead atoms. The molecule has 0 fully saturated rings. The average Bonchev–Trinajstić information content (AvgIpc) is 2.84. The molecule has 0 spiro atoms. The highest BCUT2D eigenvalue weighted by molar-refractivity contribution is 6.08. The second-order valence-corrected chi connectivity index (χ2v) is 4.92. The molecule has 2 N–H and O–H groups in total. The van der Waals surface area contributed by atoms with Crippen LogP contribution in [0.4, 0.5) is 18.9 Å².